The van der Waals surface area contributed by atoms with E-state index >= 15 is 0 Å². The molecule has 1 fully saturated rings. The van der Waals surface area contributed by atoms with Crippen LogP contribution in [0.4, 0.5) is 0 Å². The molecule has 0 aliphatic heterocycles. The minimum atomic E-state index is -0.0621. The van der Waals surface area contributed by atoms with E-state index in [1.807, 2.05) is 13.8 Å². The number of amides is 2. The van der Waals surface area contributed by atoms with Crippen LogP contribution in [-0.4, -0.2) is 37.0 Å². The molecule has 2 amide bonds. The summed E-state index contributed by atoms with van der Waals surface area (Å²) in [5.41, 5.74) is 0. The topological polar surface area (TPSA) is 70.2 Å². The van der Waals surface area contributed by atoms with Crippen molar-refractivity contribution in [1.82, 2.24) is 16.0 Å². The van der Waals surface area contributed by atoms with E-state index in [1.54, 1.807) is 0 Å². The number of hydrogen-bond donors (Lipinski definition) is 3. The van der Waals surface area contributed by atoms with E-state index < -0.39 is 0 Å². The summed E-state index contributed by atoms with van der Waals surface area (Å²) >= 11 is 0. The third-order valence-corrected chi connectivity index (χ3v) is 2.29. The smallest absolute Gasteiger partial charge is 0.233 e. The van der Waals surface area contributed by atoms with Crippen LogP contribution in [0.15, 0.2) is 0 Å². The van der Waals surface area contributed by atoms with Gasteiger partial charge < -0.3 is 16.0 Å². The first-order valence-corrected chi connectivity index (χ1v) is 5.87. The minimum absolute atomic E-state index is 0.0274. The van der Waals surface area contributed by atoms with Gasteiger partial charge in [0, 0.05) is 25.0 Å². The SMILES string of the molecule is CC(C)NCC(=O)NCCC(=O)NC1CC1. The van der Waals surface area contributed by atoms with Crippen LogP contribution < -0.4 is 16.0 Å². The Morgan fingerprint density at radius 2 is 1.94 bits per heavy atom. The molecule has 92 valence electrons. The van der Waals surface area contributed by atoms with Crippen LogP contribution in [0, 0.1) is 0 Å². The molecule has 5 nitrogen and oxygen atoms in total. The minimum Gasteiger partial charge on any atom is -0.354 e. The van der Waals surface area contributed by atoms with Crippen LogP contribution >= 0.6 is 0 Å². The molecule has 0 atom stereocenters. The summed E-state index contributed by atoms with van der Waals surface area (Å²) in [7, 11) is 0. The predicted molar refractivity (Wildman–Crippen MR) is 61.9 cm³/mol. The van der Waals surface area contributed by atoms with Crippen LogP contribution in [0.3, 0.4) is 0 Å². The van der Waals surface area contributed by atoms with Gasteiger partial charge >= 0.3 is 0 Å². The molecule has 1 aliphatic carbocycles. The zero-order valence-electron chi connectivity index (χ0n) is 10.0. The zero-order chi connectivity index (χ0) is 12.0. The lowest BCUT2D eigenvalue weighted by Gasteiger charge is -2.08. The van der Waals surface area contributed by atoms with Gasteiger partial charge in [-0.05, 0) is 12.8 Å². The van der Waals surface area contributed by atoms with E-state index in [4.69, 9.17) is 0 Å². The lowest BCUT2D eigenvalue weighted by molar-refractivity contribution is -0.122. The maximum Gasteiger partial charge on any atom is 0.233 e. The number of carbonyl (C=O) groups excluding carboxylic acids is 2. The van der Waals surface area contributed by atoms with E-state index in [-0.39, 0.29) is 11.8 Å². The normalized spacial score (nSPS) is 14.9. The molecule has 1 rings (SSSR count). The second-order valence-electron chi connectivity index (χ2n) is 4.48. The summed E-state index contributed by atoms with van der Waals surface area (Å²) in [6.45, 7) is 4.69. The Morgan fingerprint density at radius 1 is 1.25 bits per heavy atom. The van der Waals surface area contributed by atoms with Crippen molar-refractivity contribution in [1.29, 1.82) is 0 Å². The second kappa shape index (κ2) is 6.48. The number of carbonyl (C=O) groups is 2. The summed E-state index contributed by atoms with van der Waals surface area (Å²) in [4.78, 5) is 22.5. The van der Waals surface area contributed by atoms with Crippen LogP contribution in [0.5, 0.6) is 0 Å². The Morgan fingerprint density at radius 3 is 2.50 bits per heavy atom. The highest BCUT2D eigenvalue weighted by molar-refractivity contribution is 5.80. The molecule has 0 saturated heterocycles. The number of hydrogen-bond acceptors (Lipinski definition) is 3. The van der Waals surface area contributed by atoms with Gasteiger partial charge in [-0.15, -0.1) is 0 Å². The molecule has 0 spiro atoms. The Balaban J connectivity index is 1.96. The summed E-state index contributed by atoms with van der Waals surface area (Å²) < 4.78 is 0. The van der Waals surface area contributed by atoms with Crippen LogP contribution in [0.1, 0.15) is 33.1 Å². The maximum atomic E-state index is 11.3. The molecule has 0 bridgehead atoms. The van der Waals surface area contributed by atoms with E-state index in [0.717, 1.165) is 12.8 Å². The van der Waals surface area contributed by atoms with Gasteiger partial charge in [0.25, 0.3) is 0 Å². The third kappa shape index (κ3) is 6.40. The van der Waals surface area contributed by atoms with Crippen LogP contribution in [0.2, 0.25) is 0 Å². The molecule has 16 heavy (non-hydrogen) atoms. The average Bonchev–Trinajstić information content (AvgIpc) is 2.98. The van der Waals surface area contributed by atoms with Crippen LogP contribution in [0.25, 0.3) is 0 Å². The summed E-state index contributed by atoms with van der Waals surface area (Å²) in [5.74, 6) is -0.0347. The van der Waals surface area contributed by atoms with Crippen molar-refractivity contribution in [2.75, 3.05) is 13.1 Å². The van der Waals surface area contributed by atoms with E-state index in [9.17, 15) is 9.59 Å². The summed E-state index contributed by atoms with van der Waals surface area (Å²) in [5, 5.41) is 8.59. The summed E-state index contributed by atoms with van der Waals surface area (Å²) in [6.07, 6.45) is 2.55. The molecular formula is C11H21N3O2. The van der Waals surface area contributed by atoms with Crippen molar-refractivity contribution < 1.29 is 9.59 Å². The van der Waals surface area contributed by atoms with Crippen molar-refractivity contribution >= 4 is 11.8 Å². The van der Waals surface area contributed by atoms with Gasteiger partial charge in [0.15, 0.2) is 0 Å². The molecule has 0 aromatic rings. The van der Waals surface area contributed by atoms with Gasteiger partial charge in [0.2, 0.25) is 11.8 Å². The fraction of sp³-hybridized carbons (Fsp3) is 0.818. The molecule has 1 saturated carbocycles. The third-order valence-electron chi connectivity index (χ3n) is 2.29. The molecule has 0 aromatic carbocycles. The number of nitrogens with one attached hydrogen (secondary N) is 3. The molecule has 0 heterocycles. The van der Waals surface area contributed by atoms with Gasteiger partial charge in [0.1, 0.15) is 0 Å². The Hall–Kier alpha value is -1.10. The van der Waals surface area contributed by atoms with Crippen molar-refractivity contribution in [3.8, 4) is 0 Å². The lowest BCUT2D eigenvalue weighted by Crippen LogP contribution is -2.38. The highest BCUT2D eigenvalue weighted by Gasteiger charge is 2.22. The average molecular weight is 227 g/mol. The molecule has 5 heteroatoms. The van der Waals surface area contributed by atoms with Crippen LogP contribution in [-0.2, 0) is 9.59 Å². The predicted octanol–water partition coefficient (Wildman–Crippen LogP) is -0.231. The fourth-order valence-corrected chi connectivity index (χ4v) is 1.20. The quantitative estimate of drug-likeness (QED) is 0.562. The highest BCUT2D eigenvalue weighted by Crippen LogP contribution is 2.18. The highest BCUT2D eigenvalue weighted by atomic mass is 16.2. The first-order chi connectivity index (χ1) is 7.58. The van der Waals surface area contributed by atoms with Crippen molar-refractivity contribution in [3.63, 3.8) is 0 Å². The first kappa shape index (κ1) is 13.0. The molecule has 1 aliphatic rings. The van der Waals surface area contributed by atoms with Gasteiger partial charge in [-0.3, -0.25) is 9.59 Å². The van der Waals surface area contributed by atoms with Gasteiger partial charge in [-0.2, -0.15) is 0 Å². The van der Waals surface area contributed by atoms with Gasteiger partial charge in [0.05, 0.1) is 6.54 Å². The summed E-state index contributed by atoms with van der Waals surface area (Å²) in [6, 6.07) is 0.690. The van der Waals surface area contributed by atoms with Crippen molar-refractivity contribution in [3.05, 3.63) is 0 Å². The Labute approximate surface area is 96.4 Å². The monoisotopic (exact) mass is 227 g/mol. The molecular weight excluding hydrogens is 206 g/mol. The number of rotatable bonds is 7. The van der Waals surface area contributed by atoms with E-state index in [0.29, 0.717) is 31.6 Å². The standard InChI is InChI=1S/C11H21N3O2/c1-8(2)13-7-11(16)12-6-5-10(15)14-9-3-4-9/h8-9,13H,3-7H2,1-2H3,(H,12,16)(H,14,15). The molecule has 0 unspecified atom stereocenters. The van der Waals surface area contributed by atoms with Crippen molar-refractivity contribution in [2.24, 2.45) is 0 Å². The lowest BCUT2D eigenvalue weighted by atomic mass is 10.3. The second-order valence-corrected chi connectivity index (χ2v) is 4.48. The molecule has 3 N–H and O–H groups in total. The van der Waals surface area contributed by atoms with E-state index in [2.05, 4.69) is 16.0 Å². The zero-order valence-corrected chi connectivity index (χ0v) is 10.0. The fourth-order valence-electron chi connectivity index (χ4n) is 1.20. The van der Waals surface area contributed by atoms with Crippen molar-refractivity contribution in [2.45, 2.75) is 45.2 Å². The Kier molecular flexibility index (Phi) is 5.25. The Bertz CT molecular complexity index is 250. The van der Waals surface area contributed by atoms with Gasteiger partial charge in [-0.25, -0.2) is 0 Å². The molecule has 0 radical (unpaired) electrons. The molecule has 0 aromatic heterocycles. The largest absolute Gasteiger partial charge is 0.354 e. The van der Waals surface area contributed by atoms with E-state index in [1.165, 1.54) is 0 Å². The van der Waals surface area contributed by atoms with Gasteiger partial charge in [-0.1, -0.05) is 13.8 Å². The first-order valence-electron chi connectivity index (χ1n) is 5.87. The maximum absolute atomic E-state index is 11.3.